The summed E-state index contributed by atoms with van der Waals surface area (Å²) in [4.78, 5) is 30.6. The number of likely N-dealkylation sites (N-methyl/N-ethyl adjacent to an activating group) is 1. The van der Waals surface area contributed by atoms with Crippen LogP contribution in [-0.2, 0) is 33.8 Å². The molecule has 1 amide bonds. The molecule has 3 N–H and O–H groups in total. The molecule has 5 aromatic rings. The number of anilines is 1. The number of hydroxylamine groups is 2. The maximum Gasteiger partial charge on any atom is 0.471 e. The fourth-order valence-electron chi connectivity index (χ4n) is 6.66. The zero-order valence-electron chi connectivity index (χ0n) is 29.4. The van der Waals surface area contributed by atoms with Crippen molar-refractivity contribution in [2.45, 2.75) is 77.7 Å². The van der Waals surface area contributed by atoms with Crippen molar-refractivity contribution in [1.82, 2.24) is 29.9 Å². The third kappa shape index (κ3) is 8.70. The molecule has 1 aliphatic heterocycles. The van der Waals surface area contributed by atoms with Crippen LogP contribution in [0.5, 0.6) is 5.88 Å². The minimum absolute atomic E-state index is 0. The number of ether oxygens (including phenoxy) is 1. The monoisotopic (exact) mass is 749 g/mol. The summed E-state index contributed by atoms with van der Waals surface area (Å²) in [5.74, 6) is -1.78. The van der Waals surface area contributed by atoms with Gasteiger partial charge in [0.2, 0.25) is 11.8 Å². The van der Waals surface area contributed by atoms with Crippen molar-refractivity contribution in [3.8, 4) is 5.88 Å². The summed E-state index contributed by atoms with van der Waals surface area (Å²) in [5, 5.41) is 6.03. The van der Waals surface area contributed by atoms with Gasteiger partial charge in [-0.3, -0.25) is 9.63 Å². The highest BCUT2D eigenvalue weighted by Crippen LogP contribution is 2.37. The lowest BCUT2D eigenvalue weighted by Gasteiger charge is -2.43. The topological polar surface area (TPSA) is 130 Å². The molecule has 0 saturated carbocycles. The van der Waals surface area contributed by atoms with Crippen molar-refractivity contribution in [2.24, 2.45) is 0 Å². The number of benzene rings is 3. The minimum Gasteiger partial charge on any atom is -0.471 e. The van der Waals surface area contributed by atoms with E-state index in [0.717, 1.165) is 5.56 Å². The number of nitrogens with zero attached hydrogens (tertiary/aromatic N) is 5. The van der Waals surface area contributed by atoms with Gasteiger partial charge in [0, 0.05) is 13.6 Å². The van der Waals surface area contributed by atoms with Crippen LogP contribution < -0.4 is 26.2 Å². The number of nitrogen functional groups attached to an aromatic ring is 1. The van der Waals surface area contributed by atoms with Crippen molar-refractivity contribution in [3.63, 3.8) is 0 Å². The van der Waals surface area contributed by atoms with Gasteiger partial charge in [-0.05, 0) is 33.0 Å². The normalized spacial score (nSPS) is 16.7. The second kappa shape index (κ2) is 16.0. The van der Waals surface area contributed by atoms with Gasteiger partial charge >= 0.3 is 12.1 Å². The number of hydrogen-bond acceptors (Lipinski definition) is 9. The van der Waals surface area contributed by atoms with Gasteiger partial charge < -0.3 is 24.8 Å². The van der Waals surface area contributed by atoms with Crippen molar-refractivity contribution in [2.75, 3.05) is 19.4 Å². The van der Waals surface area contributed by atoms with Gasteiger partial charge in [0.05, 0.1) is 31.6 Å². The van der Waals surface area contributed by atoms with E-state index in [0.29, 0.717) is 36.3 Å². The highest BCUT2D eigenvalue weighted by molar-refractivity contribution is 6.99. The third-order valence-electron chi connectivity index (χ3n) is 9.23. The van der Waals surface area contributed by atoms with E-state index in [4.69, 9.17) is 19.7 Å². The van der Waals surface area contributed by atoms with Gasteiger partial charge in [0.25, 0.3) is 8.32 Å². The highest BCUT2D eigenvalue weighted by atomic mass is 28.4. The Morgan fingerprint density at radius 2 is 1.57 bits per heavy atom. The number of amides is 1. The second-order valence-electron chi connectivity index (χ2n) is 13.9. The van der Waals surface area contributed by atoms with Crippen LogP contribution in [0, 0.1) is 0 Å². The predicted octanol–water partition coefficient (Wildman–Crippen LogP) is 5.38. The molecule has 2 aromatic heterocycles. The molecule has 2 unspecified atom stereocenters. The molecule has 53 heavy (non-hydrogen) atoms. The lowest BCUT2D eigenvalue weighted by Crippen LogP contribution is -2.67. The molecule has 3 heterocycles. The minimum atomic E-state index is -4.93. The maximum absolute atomic E-state index is 12.5. The average molecular weight is 750 g/mol. The molecule has 0 aliphatic carbocycles. The van der Waals surface area contributed by atoms with Crippen molar-refractivity contribution < 1.29 is 32.0 Å². The zero-order valence-corrected chi connectivity index (χ0v) is 30.4. The molecular formula is C38H46F3N7O4Si. The van der Waals surface area contributed by atoms with Gasteiger partial charge in [-0.2, -0.15) is 28.2 Å². The number of nitrogens with two attached hydrogens (primary N) is 1. The van der Waals surface area contributed by atoms with E-state index < -0.39 is 20.4 Å². The summed E-state index contributed by atoms with van der Waals surface area (Å²) < 4.78 is 52.5. The first-order valence-corrected chi connectivity index (χ1v) is 18.8. The summed E-state index contributed by atoms with van der Waals surface area (Å²) in [5.41, 5.74) is 8.24. The molecule has 3 aromatic carbocycles. The Morgan fingerprint density at radius 1 is 0.962 bits per heavy atom. The van der Waals surface area contributed by atoms with E-state index in [2.05, 4.69) is 84.3 Å². The number of imidazole rings is 1. The Morgan fingerprint density at radius 3 is 2.15 bits per heavy atom. The SMILES string of the molecule is C.CN1OC(Cn2cnc3c(OCc4ccc(CNC(=O)C(F)(F)F)cc4)nc(N)nc32)CC1CO[Si](c1ccccc1)(c1ccccc1)C(C)(C)C. The zero-order chi connectivity index (χ0) is 37.1. The van der Waals surface area contributed by atoms with Crippen LogP contribution in [0.3, 0.4) is 0 Å². The summed E-state index contributed by atoms with van der Waals surface area (Å²) >= 11 is 0. The molecule has 0 bridgehead atoms. The largest absolute Gasteiger partial charge is 0.471 e. The molecule has 282 valence electrons. The number of rotatable bonds is 12. The van der Waals surface area contributed by atoms with Gasteiger partial charge in [-0.1, -0.05) is 113 Å². The first-order valence-electron chi connectivity index (χ1n) is 16.9. The average Bonchev–Trinajstić information content (AvgIpc) is 3.68. The summed E-state index contributed by atoms with van der Waals surface area (Å²) in [6, 6.07) is 27.7. The number of alkyl halides is 3. The van der Waals surface area contributed by atoms with Crippen molar-refractivity contribution in [3.05, 3.63) is 102 Å². The second-order valence-corrected chi connectivity index (χ2v) is 18.2. The smallest absolute Gasteiger partial charge is 0.471 e. The van der Waals surface area contributed by atoms with Crippen LogP contribution >= 0.6 is 0 Å². The van der Waals surface area contributed by atoms with Crippen LogP contribution in [-0.4, -0.2) is 70.8 Å². The number of fused-ring (bicyclic) bond motifs is 1. The van der Waals surface area contributed by atoms with Gasteiger partial charge in [-0.15, -0.1) is 0 Å². The molecule has 1 saturated heterocycles. The first-order chi connectivity index (χ1) is 24.7. The van der Waals surface area contributed by atoms with Gasteiger partial charge in [0.15, 0.2) is 11.2 Å². The van der Waals surface area contributed by atoms with Crippen molar-refractivity contribution >= 4 is 41.7 Å². The number of aromatic nitrogens is 4. The van der Waals surface area contributed by atoms with E-state index in [1.165, 1.54) is 10.4 Å². The van der Waals surface area contributed by atoms with Crippen LogP contribution in [0.25, 0.3) is 11.2 Å². The molecule has 6 rings (SSSR count). The quantitative estimate of drug-likeness (QED) is 0.162. The Balaban J connectivity index is 0.00000541. The number of carbonyl (C=O) groups is 1. The standard InChI is InChI=1S/C37H42F3N7O4Si.CH4/c1-36(2,3)52(29-11-7-5-8-12-29,30-13-9-6-10-14-30)50-23-27-19-28(51-46(27)4)21-47-24-43-31-32(47)44-35(41)45-33(31)49-22-26-17-15-25(16-18-26)20-42-34(48)37(38,39)40;/h5-18,24,27-28H,19-23H2,1-4H3,(H,42,48)(H2,41,44,45);1H4. The van der Waals surface area contributed by atoms with E-state index in [1.54, 1.807) is 30.6 Å². The number of hydrogen-bond donors (Lipinski definition) is 2. The molecule has 0 spiro atoms. The first kappa shape index (κ1) is 39.4. The number of carbonyl (C=O) groups excluding carboxylic acids is 1. The highest BCUT2D eigenvalue weighted by Gasteiger charge is 2.51. The Labute approximate surface area is 308 Å². The van der Waals surface area contributed by atoms with Crippen LogP contribution in [0.1, 0.15) is 45.7 Å². The van der Waals surface area contributed by atoms with Crippen LogP contribution in [0.2, 0.25) is 5.04 Å². The molecular weight excluding hydrogens is 704 g/mol. The Hall–Kier alpha value is -4.83. The fraction of sp³-hybridized carbons (Fsp3) is 0.368. The predicted molar refractivity (Wildman–Crippen MR) is 200 cm³/mol. The van der Waals surface area contributed by atoms with E-state index in [9.17, 15) is 18.0 Å². The molecule has 1 aliphatic rings. The summed E-state index contributed by atoms with van der Waals surface area (Å²) in [6.07, 6.45) is -2.75. The Bertz CT molecular complexity index is 1930. The van der Waals surface area contributed by atoms with Crippen molar-refractivity contribution in [1.29, 1.82) is 0 Å². The van der Waals surface area contributed by atoms with Crippen LogP contribution in [0.4, 0.5) is 19.1 Å². The van der Waals surface area contributed by atoms with Crippen LogP contribution in [0.15, 0.2) is 91.3 Å². The molecule has 2 atom stereocenters. The molecule has 0 radical (unpaired) electrons. The lowest BCUT2D eigenvalue weighted by atomic mass is 10.1. The van der Waals surface area contributed by atoms with E-state index in [-0.39, 0.29) is 49.6 Å². The molecule has 1 fully saturated rings. The number of halogens is 3. The Kier molecular flexibility index (Phi) is 11.9. The maximum atomic E-state index is 12.5. The van der Waals surface area contributed by atoms with E-state index >= 15 is 0 Å². The molecule has 11 nitrogen and oxygen atoms in total. The number of nitrogens with one attached hydrogen (secondary N) is 1. The summed E-state index contributed by atoms with van der Waals surface area (Å²) in [6.45, 7) is 7.57. The van der Waals surface area contributed by atoms with E-state index in [1.807, 2.05) is 34.1 Å². The lowest BCUT2D eigenvalue weighted by molar-refractivity contribution is -0.173. The molecule has 15 heteroatoms. The summed E-state index contributed by atoms with van der Waals surface area (Å²) in [7, 11) is -0.792. The van der Waals surface area contributed by atoms with Gasteiger partial charge in [-0.25, -0.2) is 4.98 Å². The van der Waals surface area contributed by atoms with Gasteiger partial charge in [0.1, 0.15) is 6.61 Å². The third-order valence-corrected chi connectivity index (χ3v) is 14.2. The fourth-order valence-corrected chi connectivity index (χ4v) is 11.3.